The highest BCUT2D eigenvalue weighted by Gasteiger charge is 2.06. The monoisotopic (exact) mass is 300 g/mol. The van der Waals surface area contributed by atoms with Gasteiger partial charge in [0.2, 0.25) is 0 Å². The van der Waals surface area contributed by atoms with Crippen LogP contribution in [0.3, 0.4) is 0 Å². The van der Waals surface area contributed by atoms with E-state index < -0.39 is 5.97 Å². The number of urea groups is 1. The number of rotatable bonds is 4. The molecule has 0 heterocycles. The molecule has 6 heteroatoms. The molecule has 2 aromatic carbocycles. The lowest BCUT2D eigenvalue weighted by Gasteiger charge is -2.09. The van der Waals surface area contributed by atoms with E-state index in [2.05, 4.69) is 15.4 Å². The number of benzene rings is 2. The van der Waals surface area contributed by atoms with Crippen LogP contribution < -0.4 is 15.4 Å². The Labute approximate surface area is 128 Å². The van der Waals surface area contributed by atoms with Gasteiger partial charge in [-0.15, -0.1) is 0 Å². The predicted octanol–water partition coefficient (Wildman–Crippen LogP) is 3.13. The highest BCUT2D eigenvalue weighted by molar-refractivity contribution is 6.00. The Balaban J connectivity index is 1.98. The molecule has 0 aliphatic rings. The minimum Gasteiger partial charge on any atom is -0.497 e. The highest BCUT2D eigenvalue weighted by Crippen LogP contribution is 2.17. The molecule has 0 aliphatic heterocycles. The number of methoxy groups -OCH3 is 2. The molecule has 0 saturated carbocycles. The Hall–Kier alpha value is -3.02. The number of carbonyl (C=O) groups is 2. The standard InChI is InChI=1S/C16H16N2O4/c1-21-14-5-3-4-13(10-14)18-16(20)17-12-8-6-11(7-9-12)15(19)22-2/h3-10H,1-2H3,(H2,17,18,20). The van der Waals surface area contributed by atoms with Gasteiger partial charge in [0.05, 0.1) is 19.8 Å². The summed E-state index contributed by atoms with van der Waals surface area (Å²) in [4.78, 5) is 23.2. The van der Waals surface area contributed by atoms with Gasteiger partial charge in [0.25, 0.3) is 0 Å². The summed E-state index contributed by atoms with van der Waals surface area (Å²) >= 11 is 0. The molecule has 2 aromatic rings. The van der Waals surface area contributed by atoms with Crippen LogP contribution in [0.1, 0.15) is 10.4 Å². The van der Waals surface area contributed by atoms with E-state index in [1.165, 1.54) is 7.11 Å². The summed E-state index contributed by atoms with van der Waals surface area (Å²) < 4.78 is 9.69. The maximum Gasteiger partial charge on any atom is 0.337 e. The molecule has 0 unspecified atom stereocenters. The Morgan fingerprint density at radius 2 is 1.59 bits per heavy atom. The van der Waals surface area contributed by atoms with E-state index in [1.807, 2.05) is 0 Å². The predicted molar refractivity (Wildman–Crippen MR) is 83.4 cm³/mol. The zero-order valence-electron chi connectivity index (χ0n) is 12.3. The van der Waals surface area contributed by atoms with Gasteiger partial charge in [-0.25, -0.2) is 9.59 Å². The summed E-state index contributed by atoms with van der Waals surface area (Å²) in [6.07, 6.45) is 0. The molecule has 114 valence electrons. The topological polar surface area (TPSA) is 76.7 Å². The molecule has 6 nitrogen and oxygen atoms in total. The minimum absolute atomic E-state index is 0.390. The summed E-state index contributed by atoms with van der Waals surface area (Å²) in [5.74, 6) is 0.229. The fraction of sp³-hybridized carbons (Fsp3) is 0.125. The third-order valence-electron chi connectivity index (χ3n) is 2.89. The van der Waals surface area contributed by atoms with Crippen molar-refractivity contribution in [1.29, 1.82) is 0 Å². The molecule has 2 rings (SSSR count). The second kappa shape index (κ2) is 7.12. The Morgan fingerprint density at radius 1 is 0.909 bits per heavy atom. The zero-order chi connectivity index (χ0) is 15.9. The van der Waals surface area contributed by atoms with Crippen LogP contribution in [0.4, 0.5) is 16.2 Å². The molecule has 22 heavy (non-hydrogen) atoms. The number of ether oxygens (including phenoxy) is 2. The summed E-state index contributed by atoms with van der Waals surface area (Å²) in [5.41, 5.74) is 1.59. The summed E-state index contributed by atoms with van der Waals surface area (Å²) in [6.45, 7) is 0. The van der Waals surface area contributed by atoms with Crippen LogP contribution in [-0.4, -0.2) is 26.2 Å². The number of anilines is 2. The quantitative estimate of drug-likeness (QED) is 0.850. The van der Waals surface area contributed by atoms with Crippen molar-refractivity contribution >= 4 is 23.4 Å². The Morgan fingerprint density at radius 3 is 2.23 bits per heavy atom. The molecule has 2 N–H and O–H groups in total. The van der Waals surface area contributed by atoms with Crippen LogP contribution >= 0.6 is 0 Å². The van der Waals surface area contributed by atoms with Crippen LogP contribution in [0.15, 0.2) is 48.5 Å². The van der Waals surface area contributed by atoms with Gasteiger partial charge in [-0.2, -0.15) is 0 Å². The number of esters is 1. The lowest BCUT2D eigenvalue weighted by molar-refractivity contribution is 0.0601. The largest absolute Gasteiger partial charge is 0.497 e. The van der Waals surface area contributed by atoms with Crippen LogP contribution in [0.25, 0.3) is 0 Å². The lowest BCUT2D eigenvalue weighted by Crippen LogP contribution is -2.19. The van der Waals surface area contributed by atoms with E-state index in [9.17, 15) is 9.59 Å². The van der Waals surface area contributed by atoms with Crippen molar-refractivity contribution in [2.75, 3.05) is 24.9 Å². The number of amides is 2. The van der Waals surface area contributed by atoms with Gasteiger partial charge in [0, 0.05) is 17.4 Å². The van der Waals surface area contributed by atoms with E-state index in [4.69, 9.17) is 4.74 Å². The van der Waals surface area contributed by atoms with E-state index in [1.54, 1.807) is 55.6 Å². The molecule has 0 saturated heterocycles. The van der Waals surface area contributed by atoms with Crippen LogP contribution in [0.2, 0.25) is 0 Å². The van der Waals surface area contributed by atoms with Gasteiger partial charge in [-0.3, -0.25) is 0 Å². The minimum atomic E-state index is -0.424. The summed E-state index contributed by atoms with van der Waals surface area (Å²) in [5, 5.41) is 5.36. The van der Waals surface area contributed by atoms with Crippen LogP contribution in [0, 0.1) is 0 Å². The zero-order valence-corrected chi connectivity index (χ0v) is 12.3. The average Bonchev–Trinajstić information content (AvgIpc) is 2.55. The molecule has 0 aliphatic carbocycles. The van der Waals surface area contributed by atoms with Crippen molar-refractivity contribution in [2.45, 2.75) is 0 Å². The van der Waals surface area contributed by atoms with Crippen molar-refractivity contribution < 1.29 is 19.1 Å². The maximum absolute atomic E-state index is 11.9. The normalized spacial score (nSPS) is 9.73. The van der Waals surface area contributed by atoms with Crippen molar-refractivity contribution in [2.24, 2.45) is 0 Å². The van der Waals surface area contributed by atoms with Gasteiger partial charge in [-0.05, 0) is 36.4 Å². The van der Waals surface area contributed by atoms with E-state index in [-0.39, 0.29) is 6.03 Å². The first-order chi connectivity index (χ1) is 10.6. The SMILES string of the molecule is COC(=O)c1ccc(NC(=O)Nc2cccc(OC)c2)cc1. The van der Waals surface area contributed by atoms with E-state index >= 15 is 0 Å². The van der Waals surface area contributed by atoms with Gasteiger partial charge in [-0.1, -0.05) is 6.07 Å². The lowest BCUT2D eigenvalue weighted by atomic mass is 10.2. The Kier molecular flexibility index (Phi) is 4.98. The molecular weight excluding hydrogens is 284 g/mol. The molecule has 0 bridgehead atoms. The number of carbonyl (C=O) groups excluding carboxylic acids is 2. The first kappa shape index (κ1) is 15.4. The molecular formula is C16H16N2O4. The van der Waals surface area contributed by atoms with Crippen molar-refractivity contribution in [3.05, 3.63) is 54.1 Å². The van der Waals surface area contributed by atoms with E-state index in [0.29, 0.717) is 22.7 Å². The number of nitrogens with one attached hydrogen (secondary N) is 2. The molecule has 2 amide bonds. The van der Waals surface area contributed by atoms with E-state index in [0.717, 1.165) is 0 Å². The third-order valence-corrected chi connectivity index (χ3v) is 2.89. The molecule has 0 radical (unpaired) electrons. The number of hydrogen-bond acceptors (Lipinski definition) is 4. The second-order valence-corrected chi connectivity index (χ2v) is 4.38. The van der Waals surface area contributed by atoms with Crippen molar-refractivity contribution in [1.82, 2.24) is 0 Å². The molecule has 0 atom stereocenters. The van der Waals surface area contributed by atoms with Gasteiger partial charge in [0.15, 0.2) is 0 Å². The fourth-order valence-corrected chi connectivity index (χ4v) is 1.80. The van der Waals surface area contributed by atoms with Gasteiger partial charge >= 0.3 is 12.0 Å². The molecule has 0 fully saturated rings. The third kappa shape index (κ3) is 3.99. The summed E-state index contributed by atoms with van der Waals surface area (Å²) in [6, 6.07) is 13.0. The second-order valence-electron chi connectivity index (χ2n) is 4.38. The maximum atomic E-state index is 11.9. The average molecular weight is 300 g/mol. The first-order valence-corrected chi connectivity index (χ1v) is 6.53. The molecule has 0 spiro atoms. The number of hydrogen-bond donors (Lipinski definition) is 2. The van der Waals surface area contributed by atoms with Gasteiger partial charge < -0.3 is 20.1 Å². The van der Waals surface area contributed by atoms with Crippen LogP contribution in [-0.2, 0) is 4.74 Å². The van der Waals surface area contributed by atoms with Crippen molar-refractivity contribution in [3.8, 4) is 5.75 Å². The first-order valence-electron chi connectivity index (χ1n) is 6.53. The smallest absolute Gasteiger partial charge is 0.337 e. The Bertz CT molecular complexity index is 668. The highest BCUT2D eigenvalue weighted by atomic mass is 16.5. The fourth-order valence-electron chi connectivity index (χ4n) is 1.80. The molecule has 0 aromatic heterocycles. The summed E-state index contributed by atoms with van der Waals surface area (Å²) in [7, 11) is 2.87. The van der Waals surface area contributed by atoms with Gasteiger partial charge in [0.1, 0.15) is 5.75 Å². The van der Waals surface area contributed by atoms with Crippen LogP contribution in [0.5, 0.6) is 5.75 Å². The van der Waals surface area contributed by atoms with Crippen molar-refractivity contribution in [3.63, 3.8) is 0 Å².